The predicted molar refractivity (Wildman–Crippen MR) is 85.6 cm³/mol. The number of nitrogens with two attached hydrogens (primary N) is 1. The molecule has 1 atom stereocenters. The third-order valence-electron chi connectivity index (χ3n) is 3.64. The zero-order valence-electron chi connectivity index (χ0n) is 11.7. The minimum Gasteiger partial charge on any atom is -0.423 e. The van der Waals surface area contributed by atoms with Crippen molar-refractivity contribution in [1.29, 1.82) is 0 Å². The van der Waals surface area contributed by atoms with Crippen LogP contribution in [-0.2, 0) is 10.0 Å². The van der Waals surface area contributed by atoms with Crippen LogP contribution in [0, 0.1) is 5.92 Å². The van der Waals surface area contributed by atoms with Gasteiger partial charge in [-0.2, -0.15) is 0 Å². The number of hydrogen-bond acceptors (Lipinski definition) is 5. The summed E-state index contributed by atoms with van der Waals surface area (Å²) in [5.41, 5.74) is 5.79. The standard InChI is InChI=1S/C14H16N2O4S.ClH/c15-12(9-1-2-9)8-16-21(18,19)11-4-5-13-10(7-11)3-6-14(17)20-13;/h3-7,9,12,16H,1-2,8,15H2;1H. The fourth-order valence-electron chi connectivity index (χ4n) is 2.20. The molecule has 1 aliphatic carbocycles. The Hall–Kier alpha value is -1.41. The van der Waals surface area contributed by atoms with Crippen LogP contribution in [0.2, 0.25) is 0 Å². The van der Waals surface area contributed by atoms with Gasteiger partial charge in [-0.15, -0.1) is 12.4 Å². The molecule has 8 heteroatoms. The highest BCUT2D eigenvalue weighted by molar-refractivity contribution is 7.89. The van der Waals surface area contributed by atoms with Gasteiger partial charge in [0.05, 0.1) is 4.90 Å². The molecular formula is C14H17ClN2O4S. The Morgan fingerprint density at radius 2 is 2.00 bits per heavy atom. The van der Waals surface area contributed by atoms with Crippen LogP contribution in [0.4, 0.5) is 0 Å². The first-order valence-corrected chi connectivity index (χ1v) is 8.23. The summed E-state index contributed by atoms with van der Waals surface area (Å²) in [6.07, 6.45) is 2.13. The molecule has 1 aliphatic rings. The van der Waals surface area contributed by atoms with Crippen LogP contribution >= 0.6 is 12.4 Å². The normalized spacial score (nSPS) is 16.2. The second-order valence-corrected chi connectivity index (χ2v) is 7.07. The zero-order valence-corrected chi connectivity index (χ0v) is 13.3. The van der Waals surface area contributed by atoms with Crippen molar-refractivity contribution >= 4 is 33.4 Å². The van der Waals surface area contributed by atoms with Crippen molar-refractivity contribution in [2.24, 2.45) is 11.7 Å². The van der Waals surface area contributed by atoms with Gasteiger partial charge in [-0.3, -0.25) is 0 Å². The third kappa shape index (κ3) is 3.67. The molecule has 1 heterocycles. The van der Waals surface area contributed by atoms with Crippen molar-refractivity contribution in [3.05, 3.63) is 40.8 Å². The first-order valence-electron chi connectivity index (χ1n) is 6.75. The Kier molecular flexibility index (Phi) is 4.91. The summed E-state index contributed by atoms with van der Waals surface area (Å²) in [6, 6.07) is 7.02. The van der Waals surface area contributed by atoms with Gasteiger partial charge in [-0.1, -0.05) is 0 Å². The van der Waals surface area contributed by atoms with E-state index < -0.39 is 15.6 Å². The molecule has 1 aromatic heterocycles. The minimum atomic E-state index is -3.61. The van der Waals surface area contributed by atoms with E-state index in [4.69, 9.17) is 10.2 Å². The van der Waals surface area contributed by atoms with Crippen molar-refractivity contribution in [2.45, 2.75) is 23.8 Å². The number of hydrogen-bond donors (Lipinski definition) is 2. The van der Waals surface area contributed by atoms with Crippen molar-refractivity contribution in [3.63, 3.8) is 0 Å². The lowest BCUT2D eigenvalue weighted by molar-refractivity contribution is 0.547. The number of fused-ring (bicyclic) bond motifs is 1. The number of nitrogens with one attached hydrogen (secondary N) is 1. The Morgan fingerprint density at radius 3 is 2.68 bits per heavy atom. The summed E-state index contributed by atoms with van der Waals surface area (Å²) in [7, 11) is -3.61. The molecule has 6 nitrogen and oxygen atoms in total. The Morgan fingerprint density at radius 1 is 1.27 bits per heavy atom. The van der Waals surface area contributed by atoms with Gasteiger partial charge >= 0.3 is 5.63 Å². The highest BCUT2D eigenvalue weighted by atomic mass is 35.5. The Labute approximate surface area is 134 Å². The third-order valence-corrected chi connectivity index (χ3v) is 5.06. The van der Waals surface area contributed by atoms with E-state index in [1.807, 2.05) is 0 Å². The first kappa shape index (κ1) is 17.0. The van der Waals surface area contributed by atoms with Gasteiger partial charge in [0.15, 0.2) is 0 Å². The summed E-state index contributed by atoms with van der Waals surface area (Å²) in [5.74, 6) is 0.429. The van der Waals surface area contributed by atoms with Gasteiger partial charge in [-0.05, 0) is 43.0 Å². The van der Waals surface area contributed by atoms with Gasteiger partial charge in [0.1, 0.15) is 5.58 Å². The lowest BCUT2D eigenvalue weighted by Crippen LogP contribution is -2.38. The van der Waals surface area contributed by atoms with Gasteiger partial charge in [0.25, 0.3) is 0 Å². The first-order chi connectivity index (χ1) is 9.95. The zero-order chi connectivity index (χ0) is 15.0. The van der Waals surface area contributed by atoms with E-state index in [1.54, 1.807) is 0 Å². The smallest absolute Gasteiger partial charge is 0.336 e. The van der Waals surface area contributed by atoms with Crippen molar-refractivity contribution in [1.82, 2.24) is 4.72 Å². The van der Waals surface area contributed by atoms with E-state index in [-0.39, 0.29) is 29.9 Å². The lowest BCUT2D eigenvalue weighted by Gasteiger charge is -2.12. The van der Waals surface area contributed by atoms with Gasteiger partial charge in [0.2, 0.25) is 10.0 Å². The molecule has 0 aliphatic heterocycles. The molecule has 0 spiro atoms. The van der Waals surface area contributed by atoms with Crippen LogP contribution in [0.25, 0.3) is 11.0 Å². The summed E-state index contributed by atoms with van der Waals surface area (Å²) in [6.45, 7) is 0.231. The monoisotopic (exact) mass is 344 g/mol. The van der Waals surface area contributed by atoms with Crippen LogP contribution in [0.1, 0.15) is 12.8 Å². The quantitative estimate of drug-likeness (QED) is 0.794. The van der Waals surface area contributed by atoms with E-state index in [1.165, 1.54) is 30.3 Å². The van der Waals surface area contributed by atoms with Crippen LogP contribution in [0.3, 0.4) is 0 Å². The number of rotatable bonds is 5. The molecule has 0 saturated heterocycles. The molecule has 120 valence electrons. The van der Waals surface area contributed by atoms with Crippen LogP contribution in [-0.4, -0.2) is 21.0 Å². The largest absolute Gasteiger partial charge is 0.423 e. The van der Waals surface area contributed by atoms with Crippen LogP contribution in [0.5, 0.6) is 0 Å². The Bertz CT molecular complexity index is 830. The Balaban J connectivity index is 0.00000176. The SMILES string of the molecule is Cl.NC(CNS(=O)(=O)c1ccc2oc(=O)ccc2c1)C1CC1. The van der Waals surface area contributed by atoms with Gasteiger partial charge in [0, 0.05) is 24.0 Å². The lowest BCUT2D eigenvalue weighted by atomic mass is 10.2. The van der Waals surface area contributed by atoms with Gasteiger partial charge < -0.3 is 10.2 Å². The average Bonchev–Trinajstić information content (AvgIpc) is 3.29. The van der Waals surface area contributed by atoms with E-state index in [9.17, 15) is 13.2 Å². The predicted octanol–water partition coefficient (Wildman–Crippen LogP) is 1.23. The van der Waals surface area contributed by atoms with E-state index in [2.05, 4.69) is 4.72 Å². The summed E-state index contributed by atoms with van der Waals surface area (Å²) < 4.78 is 32.0. The summed E-state index contributed by atoms with van der Waals surface area (Å²) in [4.78, 5) is 11.2. The van der Waals surface area contributed by atoms with E-state index in [0.29, 0.717) is 16.9 Å². The molecule has 0 amide bonds. The summed E-state index contributed by atoms with van der Waals surface area (Å²) >= 11 is 0. The molecule has 1 saturated carbocycles. The number of sulfonamides is 1. The van der Waals surface area contributed by atoms with Crippen molar-refractivity contribution < 1.29 is 12.8 Å². The van der Waals surface area contributed by atoms with Gasteiger partial charge in [-0.25, -0.2) is 17.9 Å². The molecule has 3 N–H and O–H groups in total. The van der Waals surface area contributed by atoms with E-state index >= 15 is 0 Å². The average molecular weight is 345 g/mol. The highest BCUT2D eigenvalue weighted by Gasteiger charge is 2.29. The molecule has 1 unspecified atom stereocenters. The molecule has 1 fully saturated rings. The molecule has 0 bridgehead atoms. The fourth-order valence-corrected chi connectivity index (χ4v) is 3.31. The molecule has 3 rings (SSSR count). The van der Waals surface area contributed by atoms with Crippen LogP contribution < -0.4 is 16.1 Å². The number of benzene rings is 1. The molecule has 22 heavy (non-hydrogen) atoms. The topological polar surface area (TPSA) is 102 Å². The highest BCUT2D eigenvalue weighted by Crippen LogP contribution is 2.31. The second kappa shape index (κ2) is 6.37. The molecule has 1 aromatic carbocycles. The maximum absolute atomic E-state index is 12.2. The molecular weight excluding hydrogens is 328 g/mol. The number of halogens is 1. The van der Waals surface area contributed by atoms with Crippen molar-refractivity contribution in [3.8, 4) is 0 Å². The fraction of sp³-hybridized carbons (Fsp3) is 0.357. The minimum absolute atomic E-state index is 0. The van der Waals surface area contributed by atoms with Crippen LogP contribution in [0.15, 0.2) is 44.4 Å². The second-order valence-electron chi connectivity index (χ2n) is 5.31. The van der Waals surface area contributed by atoms with E-state index in [0.717, 1.165) is 12.8 Å². The van der Waals surface area contributed by atoms with Crippen molar-refractivity contribution in [2.75, 3.05) is 6.54 Å². The maximum Gasteiger partial charge on any atom is 0.336 e. The molecule has 0 radical (unpaired) electrons. The molecule has 2 aromatic rings. The summed E-state index contributed by atoms with van der Waals surface area (Å²) in [5, 5.41) is 0.559. The maximum atomic E-state index is 12.2.